The summed E-state index contributed by atoms with van der Waals surface area (Å²) in [7, 11) is 0. The molecule has 200 valence electrons. The number of phenols is 1. The average molecular weight is 510 g/mol. The summed E-state index contributed by atoms with van der Waals surface area (Å²) in [5, 5.41) is 35.2. The first kappa shape index (κ1) is 30.3. The number of phenolic OH excluding ortho intramolecular Hbond substituents is 1. The van der Waals surface area contributed by atoms with E-state index < -0.39 is 60.2 Å². The number of carboxylic acid groups (broad SMARTS) is 2. The summed E-state index contributed by atoms with van der Waals surface area (Å²) in [6.45, 7) is 1.73. The Kier molecular flexibility index (Phi) is 12.9. The quantitative estimate of drug-likeness (QED) is 0.124. The summed E-state index contributed by atoms with van der Waals surface area (Å²) in [5.41, 5.74) is 11.6. The number of hydrogen-bond donors (Lipinski definition) is 8. The predicted molar refractivity (Wildman–Crippen MR) is 129 cm³/mol. The molecule has 0 heterocycles. The molecule has 3 amide bonds. The van der Waals surface area contributed by atoms with Crippen molar-refractivity contribution in [2.75, 3.05) is 6.54 Å². The minimum absolute atomic E-state index is 0.00548. The lowest BCUT2D eigenvalue weighted by atomic mass is 10.0. The van der Waals surface area contributed by atoms with Crippen molar-refractivity contribution in [3.05, 3.63) is 29.8 Å². The van der Waals surface area contributed by atoms with Crippen molar-refractivity contribution in [1.82, 2.24) is 16.0 Å². The van der Waals surface area contributed by atoms with Gasteiger partial charge in [0.1, 0.15) is 23.9 Å². The van der Waals surface area contributed by atoms with E-state index in [0.717, 1.165) is 0 Å². The topological polar surface area (TPSA) is 234 Å². The predicted octanol–water partition coefficient (Wildman–Crippen LogP) is -1.19. The van der Waals surface area contributed by atoms with Crippen LogP contribution in [0, 0.1) is 0 Å². The fourth-order valence-corrected chi connectivity index (χ4v) is 3.21. The molecule has 0 bridgehead atoms. The van der Waals surface area contributed by atoms with E-state index in [1.54, 1.807) is 0 Å². The van der Waals surface area contributed by atoms with Gasteiger partial charge in [-0.1, -0.05) is 12.1 Å². The number of carbonyl (C=O) groups is 5. The van der Waals surface area contributed by atoms with Crippen LogP contribution in [0.1, 0.15) is 44.6 Å². The molecule has 36 heavy (non-hydrogen) atoms. The van der Waals surface area contributed by atoms with E-state index in [-0.39, 0.29) is 25.0 Å². The van der Waals surface area contributed by atoms with E-state index in [1.807, 2.05) is 0 Å². The van der Waals surface area contributed by atoms with Crippen LogP contribution in [-0.2, 0) is 30.4 Å². The van der Waals surface area contributed by atoms with Gasteiger partial charge in [0, 0.05) is 12.8 Å². The van der Waals surface area contributed by atoms with Crippen molar-refractivity contribution in [3.8, 4) is 5.75 Å². The summed E-state index contributed by atoms with van der Waals surface area (Å²) in [6, 6.07) is 1.11. The minimum Gasteiger partial charge on any atom is -0.508 e. The lowest BCUT2D eigenvalue weighted by Gasteiger charge is -2.25. The zero-order valence-electron chi connectivity index (χ0n) is 20.1. The molecule has 1 aromatic carbocycles. The number of rotatable bonds is 16. The van der Waals surface area contributed by atoms with Crippen LogP contribution in [0.15, 0.2) is 24.3 Å². The molecule has 10 N–H and O–H groups in total. The highest BCUT2D eigenvalue weighted by atomic mass is 16.4. The van der Waals surface area contributed by atoms with Crippen molar-refractivity contribution < 1.29 is 39.3 Å². The number of unbranched alkanes of at least 4 members (excludes halogenated alkanes) is 1. The Hall–Kier alpha value is -3.71. The van der Waals surface area contributed by atoms with Gasteiger partial charge in [-0.25, -0.2) is 4.79 Å². The Morgan fingerprint density at radius 3 is 1.86 bits per heavy atom. The Morgan fingerprint density at radius 1 is 0.833 bits per heavy atom. The van der Waals surface area contributed by atoms with Gasteiger partial charge in [0.15, 0.2) is 0 Å². The maximum absolute atomic E-state index is 13.0. The lowest BCUT2D eigenvalue weighted by molar-refractivity contribution is -0.142. The molecule has 0 spiro atoms. The number of nitrogens with two attached hydrogens (primary N) is 2. The summed E-state index contributed by atoms with van der Waals surface area (Å²) < 4.78 is 0. The van der Waals surface area contributed by atoms with Gasteiger partial charge in [0.25, 0.3) is 0 Å². The van der Waals surface area contributed by atoms with Gasteiger partial charge in [-0.15, -0.1) is 0 Å². The minimum atomic E-state index is -1.32. The number of aromatic hydroxyl groups is 1. The maximum atomic E-state index is 13.0. The summed E-state index contributed by atoms with van der Waals surface area (Å²) in [4.78, 5) is 60.7. The van der Waals surface area contributed by atoms with Crippen LogP contribution in [-0.4, -0.2) is 75.7 Å². The van der Waals surface area contributed by atoms with Crippen molar-refractivity contribution in [2.45, 2.75) is 69.6 Å². The third-order valence-electron chi connectivity index (χ3n) is 5.26. The summed E-state index contributed by atoms with van der Waals surface area (Å²) >= 11 is 0. The van der Waals surface area contributed by atoms with Crippen molar-refractivity contribution in [2.24, 2.45) is 11.5 Å². The van der Waals surface area contributed by atoms with Crippen LogP contribution in [0.4, 0.5) is 0 Å². The van der Waals surface area contributed by atoms with Crippen LogP contribution >= 0.6 is 0 Å². The smallest absolute Gasteiger partial charge is 0.326 e. The van der Waals surface area contributed by atoms with Gasteiger partial charge in [0.2, 0.25) is 17.7 Å². The molecular formula is C23H35N5O8. The number of carbonyl (C=O) groups excluding carboxylic acids is 3. The molecular weight excluding hydrogens is 474 g/mol. The number of amides is 3. The standard InChI is InChI=1S/C23H35N5O8/c1-13(25)20(32)26-17(9-10-19(30)31)22(34)27-16(4-2-3-11-24)21(33)28-18(23(35)36)12-14-5-7-15(29)8-6-14/h5-8,13,16-18,29H,2-4,9-12,24-25H2,1H3,(H,26,32)(H,27,34)(H,28,33)(H,30,31)(H,35,36)/t13-,16-,17-,18-/m0/s1. The first-order valence-corrected chi connectivity index (χ1v) is 11.5. The van der Waals surface area contributed by atoms with E-state index in [2.05, 4.69) is 16.0 Å². The van der Waals surface area contributed by atoms with Gasteiger partial charge in [-0.05, 0) is 56.8 Å². The number of aliphatic carboxylic acids is 2. The highest BCUT2D eigenvalue weighted by molar-refractivity contribution is 5.94. The Balaban J connectivity index is 3.01. The molecule has 1 aromatic rings. The fraction of sp³-hybridized carbons (Fsp3) is 0.522. The number of nitrogens with one attached hydrogen (secondary N) is 3. The summed E-state index contributed by atoms with van der Waals surface area (Å²) in [6.07, 6.45) is 0.379. The van der Waals surface area contributed by atoms with Crippen molar-refractivity contribution >= 4 is 29.7 Å². The molecule has 0 saturated heterocycles. The monoisotopic (exact) mass is 509 g/mol. The molecule has 4 atom stereocenters. The van der Waals surface area contributed by atoms with Crippen molar-refractivity contribution in [1.29, 1.82) is 0 Å². The second-order valence-electron chi connectivity index (χ2n) is 8.40. The first-order valence-electron chi connectivity index (χ1n) is 11.5. The molecule has 13 nitrogen and oxygen atoms in total. The van der Waals surface area contributed by atoms with Crippen LogP contribution in [0.2, 0.25) is 0 Å². The molecule has 0 aliphatic carbocycles. The SMILES string of the molecule is C[C@H](N)C(=O)N[C@@H](CCC(=O)O)C(=O)N[C@@H](CCCCN)C(=O)N[C@@H](Cc1ccc(O)cc1)C(=O)O. The number of hydrogen-bond acceptors (Lipinski definition) is 8. The maximum Gasteiger partial charge on any atom is 0.326 e. The summed E-state index contributed by atoms with van der Waals surface area (Å²) in [5.74, 6) is -4.72. The largest absolute Gasteiger partial charge is 0.508 e. The lowest BCUT2D eigenvalue weighted by Crippen LogP contribution is -2.57. The molecule has 13 heteroatoms. The Labute approximate surface area is 208 Å². The van der Waals surface area contributed by atoms with E-state index in [9.17, 15) is 34.2 Å². The molecule has 0 unspecified atom stereocenters. The Morgan fingerprint density at radius 2 is 1.36 bits per heavy atom. The van der Waals surface area contributed by atoms with E-state index in [4.69, 9.17) is 16.6 Å². The average Bonchev–Trinajstić information content (AvgIpc) is 2.81. The molecule has 1 rings (SSSR count). The van der Waals surface area contributed by atoms with Crippen LogP contribution in [0.25, 0.3) is 0 Å². The van der Waals surface area contributed by atoms with Gasteiger partial charge >= 0.3 is 11.9 Å². The van der Waals surface area contributed by atoms with Gasteiger partial charge < -0.3 is 42.7 Å². The van der Waals surface area contributed by atoms with Gasteiger partial charge in [-0.3, -0.25) is 19.2 Å². The third kappa shape index (κ3) is 11.1. The number of benzene rings is 1. The van der Waals surface area contributed by atoms with E-state index in [0.29, 0.717) is 24.9 Å². The van der Waals surface area contributed by atoms with Crippen LogP contribution in [0.5, 0.6) is 5.75 Å². The molecule has 0 aliphatic heterocycles. The highest BCUT2D eigenvalue weighted by Gasteiger charge is 2.30. The third-order valence-corrected chi connectivity index (χ3v) is 5.26. The van der Waals surface area contributed by atoms with Crippen molar-refractivity contribution in [3.63, 3.8) is 0 Å². The number of carboxylic acids is 2. The highest BCUT2D eigenvalue weighted by Crippen LogP contribution is 2.12. The van der Waals surface area contributed by atoms with E-state index >= 15 is 0 Å². The van der Waals surface area contributed by atoms with E-state index in [1.165, 1.54) is 31.2 Å². The fourth-order valence-electron chi connectivity index (χ4n) is 3.21. The Bertz CT molecular complexity index is 906. The van der Waals surface area contributed by atoms with Gasteiger partial charge in [-0.2, -0.15) is 0 Å². The van der Waals surface area contributed by atoms with Gasteiger partial charge in [0.05, 0.1) is 6.04 Å². The molecule has 0 aromatic heterocycles. The van der Waals surface area contributed by atoms with Crippen LogP contribution < -0.4 is 27.4 Å². The molecule has 0 aliphatic rings. The second kappa shape index (κ2) is 15.3. The molecule has 0 radical (unpaired) electrons. The molecule has 0 fully saturated rings. The first-order chi connectivity index (χ1) is 16.9. The van der Waals surface area contributed by atoms with Crippen LogP contribution in [0.3, 0.4) is 0 Å². The molecule has 0 saturated carbocycles. The normalized spacial score (nSPS) is 14.1. The second-order valence-corrected chi connectivity index (χ2v) is 8.40. The zero-order chi connectivity index (χ0) is 27.3. The zero-order valence-corrected chi connectivity index (χ0v) is 20.1.